The molecule has 0 bridgehead atoms. The Kier molecular flexibility index (Phi) is 4.18. The topological polar surface area (TPSA) is 33.1 Å². The second-order valence-corrected chi connectivity index (χ2v) is 5.43. The maximum absolute atomic E-state index is 13.4. The molecule has 2 heterocycles. The van der Waals surface area contributed by atoms with Crippen molar-refractivity contribution in [2.45, 2.75) is 25.4 Å². The molecule has 4 heteroatoms. The standard InChI is InChI=1S/C12H16FNOS/c13-11-8-14-4-1-10(11)12(15)7-9-2-5-16-6-3-9/h1,4,8-9,12,15H,2-3,5-7H2. The fourth-order valence-electron chi connectivity index (χ4n) is 2.08. The summed E-state index contributed by atoms with van der Waals surface area (Å²) in [6.07, 6.45) is 4.94. The monoisotopic (exact) mass is 241 g/mol. The van der Waals surface area contributed by atoms with Gasteiger partial charge in [0.05, 0.1) is 12.3 Å². The Hall–Kier alpha value is -0.610. The summed E-state index contributed by atoms with van der Waals surface area (Å²) in [6.45, 7) is 0. The highest BCUT2D eigenvalue weighted by molar-refractivity contribution is 7.99. The third-order valence-electron chi connectivity index (χ3n) is 3.06. The Morgan fingerprint density at radius 2 is 2.25 bits per heavy atom. The van der Waals surface area contributed by atoms with Gasteiger partial charge in [-0.05, 0) is 42.8 Å². The van der Waals surface area contributed by atoms with Crippen molar-refractivity contribution in [3.63, 3.8) is 0 Å². The summed E-state index contributed by atoms with van der Waals surface area (Å²) in [4.78, 5) is 3.68. The lowest BCUT2D eigenvalue weighted by Gasteiger charge is -2.23. The summed E-state index contributed by atoms with van der Waals surface area (Å²) in [7, 11) is 0. The second-order valence-electron chi connectivity index (χ2n) is 4.20. The highest BCUT2D eigenvalue weighted by Crippen LogP contribution is 2.31. The van der Waals surface area contributed by atoms with Crippen molar-refractivity contribution in [2.24, 2.45) is 5.92 Å². The number of thioether (sulfide) groups is 1. The number of nitrogens with zero attached hydrogens (tertiary/aromatic N) is 1. The average Bonchev–Trinajstić information content (AvgIpc) is 2.31. The molecule has 88 valence electrons. The van der Waals surface area contributed by atoms with Gasteiger partial charge in [0.25, 0.3) is 0 Å². The van der Waals surface area contributed by atoms with Crippen LogP contribution in [0.15, 0.2) is 18.5 Å². The predicted octanol–water partition coefficient (Wildman–Crippen LogP) is 2.79. The van der Waals surface area contributed by atoms with Gasteiger partial charge in [-0.2, -0.15) is 11.8 Å². The highest BCUT2D eigenvalue weighted by Gasteiger charge is 2.20. The van der Waals surface area contributed by atoms with E-state index in [1.807, 2.05) is 11.8 Å². The number of halogens is 1. The molecule has 1 fully saturated rings. The molecule has 1 N–H and O–H groups in total. The summed E-state index contributed by atoms with van der Waals surface area (Å²) < 4.78 is 13.4. The number of hydrogen-bond donors (Lipinski definition) is 1. The summed E-state index contributed by atoms with van der Waals surface area (Å²) in [5.41, 5.74) is 0.383. The van der Waals surface area contributed by atoms with Crippen molar-refractivity contribution in [3.8, 4) is 0 Å². The molecule has 0 aromatic carbocycles. The van der Waals surface area contributed by atoms with Gasteiger partial charge in [0.15, 0.2) is 0 Å². The Morgan fingerprint density at radius 1 is 1.50 bits per heavy atom. The minimum absolute atomic E-state index is 0.383. The lowest BCUT2D eigenvalue weighted by atomic mass is 9.93. The molecule has 2 rings (SSSR count). The van der Waals surface area contributed by atoms with E-state index in [0.29, 0.717) is 17.9 Å². The van der Waals surface area contributed by atoms with E-state index in [4.69, 9.17) is 0 Å². The van der Waals surface area contributed by atoms with Crippen molar-refractivity contribution >= 4 is 11.8 Å². The molecule has 0 amide bonds. The summed E-state index contributed by atoms with van der Waals surface area (Å²) in [6, 6.07) is 1.57. The van der Waals surface area contributed by atoms with Gasteiger partial charge in [0.1, 0.15) is 5.82 Å². The van der Waals surface area contributed by atoms with E-state index in [0.717, 1.165) is 30.5 Å². The van der Waals surface area contributed by atoms with Crippen LogP contribution in [0.25, 0.3) is 0 Å². The fourth-order valence-corrected chi connectivity index (χ4v) is 3.29. The molecule has 1 aromatic rings. The van der Waals surface area contributed by atoms with E-state index in [1.165, 1.54) is 6.20 Å². The quantitative estimate of drug-likeness (QED) is 0.883. The summed E-state index contributed by atoms with van der Waals surface area (Å²) in [5, 5.41) is 9.98. The molecule has 0 aliphatic carbocycles. The Morgan fingerprint density at radius 3 is 2.94 bits per heavy atom. The molecule has 16 heavy (non-hydrogen) atoms. The SMILES string of the molecule is OC(CC1CCSCC1)c1ccncc1F. The van der Waals surface area contributed by atoms with E-state index < -0.39 is 11.9 Å². The van der Waals surface area contributed by atoms with Crippen LogP contribution < -0.4 is 0 Å². The van der Waals surface area contributed by atoms with E-state index in [-0.39, 0.29) is 0 Å². The van der Waals surface area contributed by atoms with Gasteiger partial charge in [-0.1, -0.05) is 0 Å². The van der Waals surface area contributed by atoms with Crippen molar-refractivity contribution in [3.05, 3.63) is 29.8 Å². The number of rotatable bonds is 3. The summed E-state index contributed by atoms with van der Waals surface area (Å²) in [5.74, 6) is 2.45. The number of aliphatic hydroxyl groups is 1. The number of pyridine rings is 1. The second kappa shape index (κ2) is 5.64. The van der Waals surface area contributed by atoms with Gasteiger partial charge >= 0.3 is 0 Å². The maximum Gasteiger partial charge on any atom is 0.147 e. The van der Waals surface area contributed by atoms with Crippen LogP contribution in [-0.4, -0.2) is 21.6 Å². The van der Waals surface area contributed by atoms with Crippen LogP contribution in [0.3, 0.4) is 0 Å². The van der Waals surface area contributed by atoms with Crippen LogP contribution in [0, 0.1) is 11.7 Å². The van der Waals surface area contributed by atoms with E-state index >= 15 is 0 Å². The molecular weight excluding hydrogens is 225 g/mol. The molecule has 1 atom stereocenters. The van der Waals surface area contributed by atoms with Gasteiger partial charge < -0.3 is 5.11 Å². The molecular formula is C12H16FNOS. The van der Waals surface area contributed by atoms with Gasteiger partial charge in [-0.25, -0.2) is 4.39 Å². The Labute approximate surface area is 99.3 Å². The molecule has 1 unspecified atom stereocenters. The minimum Gasteiger partial charge on any atom is -0.388 e. The van der Waals surface area contributed by atoms with E-state index in [2.05, 4.69) is 4.98 Å². The molecule has 0 saturated carbocycles. The van der Waals surface area contributed by atoms with E-state index in [9.17, 15) is 9.50 Å². The molecule has 1 aliphatic rings. The Balaban J connectivity index is 1.96. The smallest absolute Gasteiger partial charge is 0.147 e. The van der Waals surface area contributed by atoms with Crippen molar-refractivity contribution < 1.29 is 9.50 Å². The maximum atomic E-state index is 13.4. The first-order valence-corrected chi connectivity index (χ1v) is 6.78. The van der Waals surface area contributed by atoms with Crippen LogP contribution in [0.2, 0.25) is 0 Å². The number of aliphatic hydroxyl groups excluding tert-OH is 1. The van der Waals surface area contributed by atoms with Crippen LogP contribution in [0.5, 0.6) is 0 Å². The molecule has 1 aromatic heterocycles. The lowest BCUT2D eigenvalue weighted by Crippen LogP contribution is -2.14. The van der Waals surface area contributed by atoms with E-state index in [1.54, 1.807) is 6.07 Å². The first-order chi connectivity index (χ1) is 7.77. The number of hydrogen-bond acceptors (Lipinski definition) is 3. The van der Waals surface area contributed by atoms with Crippen LogP contribution in [0.4, 0.5) is 4.39 Å². The van der Waals surface area contributed by atoms with Crippen molar-refractivity contribution in [1.29, 1.82) is 0 Å². The zero-order valence-electron chi connectivity index (χ0n) is 9.10. The zero-order chi connectivity index (χ0) is 11.4. The third kappa shape index (κ3) is 2.95. The first-order valence-electron chi connectivity index (χ1n) is 5.62. The largest absolute Gasteiger partial charge is 0.388 e. The highest BCUT2D eigenvalue weighted by atomic mass is 32.2. The molecule has 0 spiro atoms. The van der Waals surface area contributed by atoms with Gasteiger partial charge in [0.2, 0.25) is 0 Å². The summed E-state index contributed by atoms with van der Waals surface area (Å²) >= 11 is 1.96. The fraction of sp³-hybridized carbons (Fsp3) is 0.583. The number of aromatic nitrogens is 1. The average molecular weight is 241 g/mol. The zero-order valence-corrected chi connectivity index (χ0v) is 9.92. The minimum atomic E-state index is -0.684. The van der Waals surface area contributed by atoms with Gasteiger partial charge in [-0.3, -0.25) is 4.98 Å². The van der Waals surface area contributed by atoms with Crippen LogP contribution in [0.1, 0.15) is 30.9 Å². The van der Waals surface area contributed by atoms with Crippen LogP contribution >= 0.6 is 11.8 Å². The predicted molar refractivity (Wildman–Crippen MR) is 63.8 cm³/mol. The lowest BCUT2D eigenvalue weighted by molar-refractivity contribution is 0.137. The van der Waals surface area contributed by atoms with Gasteiger partial charge in [-0.15, -0.1) is 0 Å². The molecule has 1 aliphatic heterocycles. The van der Waals surface area contributed by atoms with Crippen molar-refractivity contribution in [2.75, 3.05) is 11.5 Å². The van der Waals surface area contributed by atoms with Gasteiger partial charge in [0, 0.05) is 11.8 Å². The third-order valence-corrected chi connectivity index (χ3v) is 4.11. The normalized spacial score (nSPS) is 19.6. The van der Waals surface area contributed by atoms with Crippen molar-refractivity contribution in [1.82, 2.24) is 4.98 Å². The Bertz CT molecular complexity index is 342. The first kappa shape index (κ1) is 11.9. The molecule has 2 nitrogen and oxygen atoms in total. The van der Waals surface area contributed by atoms with Crippen LogP contribution in [-0.2, 0) is 0 Å². The molecule has 1 saturated heterocycles. The molecule has 0 radical (unpaired) electrons.